The standard InChI is InChI=1S/C10H8ClF2NO2/c11-14(6-1-2-6)8-4-5(10(15)16)3-7(12)9(8)13/h3-4,6H,1-2H2,(H,15,16). The molecule has 1 aromatic rings. The van der Waals surface area contributed by atoms with Gasteiger partial charge in [-0.1, -0.05) is 0 Å². The van der Waals surface area contributed by atoms with E-state index in [0.29, 0.717) is 6.07 Å². The predicted molar refractivity (Wildman–Crippen MR) is 54.7 cm³/mol. The van der Waals surface area contributed by atoms with Gasteiger partial charge in [-0.05, 0) is 25.0 Å². The molecule has 0 amide bonds. The highest BCUT2D eigenvalue weighted by Crippen LogP contribution is 2.35. The van der Waals surface area contributed by atoms with E-state index in [2.05, 4.69) is 0 Å². The van der Waals surface area contributed by atoms with Gasteiger partial charge in [-0.3, -0.25) is 4.42 Å². The Balaban J connectivity index is 2.45. The molecule has 3 nitrogen and oxygen atoms in total. The quantitative estimate of drug-likeness (QED) is 0.835. The highest BCUT2D eigenvalue weighted by molar-refractivity contribution is 6.26. The third-order valence-corrected chi connectivity index (χ3v) is 2.81. The number of rotatable bonds is 3. The van der Waals surface area contributed by atoms with Gasteiger partial charge in [0.15, 0.2) is 11.6 Å². The summed E-state index contributed by atoms with van der Waals surface area (Å²) in [4.78, 5) is 10.7. The first-order valence-electron chi connectivity index (χ1n) is 4.68. The van der Waals surface area contributed by atoms with Crippen LogP contribution in [0.3, 0.4) is 0 Å². The Labute approximate surface area is 95.3 Å². The van der Waals surface area contributed by atoms with E-state index in [1.165, 1.54) is 0 Å². The van der Waals surface area contributed by atoms with Gasteiger partial charge in [0.1, 0.15) is 0 Å². The number of hydrogen-bond acceptors (Lipinski definition) is 2. The first-order chi connectivity index (χ1) is 7.50. The summed E-state index contributed by atoms with van der Waals surface area (Å²) in [5.41, 5.74) is -0.540. The molecule has 1 aliphatic carbocycles. The largest absolute Gasteiger partial charge is 0.478 e. The molecule has 0 heterocycles. The molecule has 2 rings (SSSR count). The number of carbonyl (C=O) groups is 1. The molecule has 0 radical (unpaired) electrons. The second-order valence-corrected chi connectivity index (χ2v) is 4.00. The summed E-state index contributed by atoms with van der Waals surface area (Å²) in [6, 6.07) is 1.63. The molecule has 1 aromatic carbocycles. The molecule has 0 aromatic heterocycles. The van der Waals surface area contributed by atoms with Gasteiger partial charge in [0, 0.05) is 17.8 Å². The van der Waals surface area contributed by atoms with E-state index in [4.69, 9.17) is 16.9 Å². The van der Waals surface area contributed by atoms with Gasteiger partial charge >= 0.3 is 5.97 Å². The normalized spacial score (nSPS) is 14.9. The lowest BCUT2D eigenvalue weighted by Crippen LogP contribution is -2.16. The average molecular weight is 248 g/mol. The first-order valence-corrected chi connectivity index (χ1v) is 5.02. The van der Waals surface area contributed by atoms with Crippen molar-refractivity contribution in [2.24, 2.45) is 0 Å². The number of halogens is 3. The van der Waals surface area contributed by atoms with Gasteiger partial charge in [-0.25, -0.2) is 13.6 Å². The molecule has 0 atom stereocenters. The van der Waals surface area contributed by atoms with Crippen molar-refractivity contribution in [3.63, 3.8) is 0 Å². The highest BCUT2D eigenvalue weighted by atomic mass is 35.5. The number of nitrogens with zero attached hydrogens (tertiary/aromatic N) is 1. The fourth-order valence-corrected chi connectivity index (χ4v) is 1.67. The molecule has 1 aliphatic rings. The molecule has 1 N–H and O–H groups in total. The summed E-state index contributed by atoms with van der Waals surface area (Å²) < 4.78 is 27.6. The first kappa shape index (κ1) is 11.1. The highest BCUT2D eigenvalue weighted by Gasteiger charge is 2.31. The molecule has 86 valence electrons. The Morgan fingerprint density at radius 2 is 2.06 bits per heavy atom. The van der Waals surface area contributed by atoms with Gasteiger partial charge in [0.05, 0.1) is 11.3 Å². The van der Waals surface area contributed by atoms with E-state index in [-0.39, 0.29) is 17.3 Å². The Morgan fingerprint density at radius 3 is 2.56 bits per heavy atom. The maximum atomic E-state index is 13.4. The molecule has 0 unspecified atom stereocenters. The summed E-state index contributed by atoms with van der Waals surface area (Å²) in [6.07, 6.45) is 1.59. The van der Waals surface area contributed by atoms with E-state index in [1.807, 2.05) is 0 Å². The fourth-order valence-electron chi connectivity index (χ4n) is 1.35. The smallest absolute Gasteiger partial charge is 0.335 e. The predicted octanol–water partition coefficient (Wildman–Crippen LogP) is 2.79. The van der Waals surface area contributed by atoms with Crippen LogP contribution in [0.15, 0.2) is 12.1 Å². The van der Waals surface area contributed by atoms with Gasteiger partial charge in [0.25, 0.3) is 0 Å². The number of anilines is 1. The summed E-state index contributed by atoms with van der Waals surface area (Å²) in [6.45, 7) is 0. The maximum Gasteiger partial charge on any atom is 0.335 e. The van der Waals surface area contributed by atoms with Crippen molar-refractivity contribution in [1.82, 2.24) is 0 Å². The van der Waals surface area contributed by atoms with E-state index in [0.717, 1.165) is 23.3 Å². The van der Waals surface area contributed by atoms with Crippen LogP contribution in [0, 0.1) is 11.6 Å². The lowest BCUT2D eigenvalue weighted by Gasteiger charge is -2.16. The molecule has 1 fully saturated rings. The minimum absolute atomic E-state index is 0.0420. The zero-order chi connectivity index (χ0) is 11.9. The Hall–Kier alpha value is -1.36. The average Bonchev–Trinajstić information content (AvgIpc) is 3.04. The Kier molecular flexibility index (Phi) is 2.71. The third-order valence-electron chi connectivity index (χ3n) is 2.35. The Bertz CT molecular complexity index is 449. The monoisotopic (exact) mass is 247 g/mol. The van der Waals surface area contributed by atoms with Crippen LogP contribution in [0.4, 0.5) is 14.5 Å². The lowest BCUT2D eigenvalue weighted by atomic mass is 10.2. The third kappa shape index (κ3) is 1.95. The summed E-state index contributed by atoms with van der Waals surface area (Å²) in [5, 5.41) is 8.71. The molecule has 1 saturated carbocycles. The topological polar surface area (TPSA) is 40.5 Å². The fraction of sp³-hybridized carbons (Fsp3) is 0.300. The molecule has 0 saturated heterocycles. The zero-order valence-electron chi connectivity index (χ0n) is 8.08. The molecule has 0 spiro atoms. The van der Waals surface area contributed by atoms with Crippen LogP contribution in [0.2, 0.25) is 0 Å². The van der Waals surface area contributed by atoms with Crippen molar-refractivity contribution >= 4 is 23.4 Å². The van der Waals surface area contributed by atoms with Crippen molar-refractivity contribution in [3.05, 3.63) is 29.3 Å². The molecule has 16 heavy (non-hydrogen) atoms. The summed E-state index contributed by atoms with van der Waals surface area (Å²) >= 11 is 5.79. The molecule has 6 heteroatoms. The molecule has 0 aliphatic heterocycles. The maximum absolute atomic E-state index is 13.4. The molecular formula is C10H8ClF2NO2. The van der Waals surface area contributed by atoms with Crippen LogP contribution in [0.5, 0.6) is 0 Å². The number of aromatic carboxylic acids is 1. The van der Waals surface area contributed by atoms with Gasteiger partial charge in [-0.2, -0.15) is 0 Å². The minimum atomic E-state index is -1.32. The van der Waals surface area contributed by atoms with Crippen molar-refractivity contribution in [2.45, 2.75) is 18.9 Å². The number of hydrogen-bond donors (Lipinski definition) is 1. The zero-order valence-corrected chi connectivity index (χ0v) is 8.84. The SMILES string of the molecule is O=C(O)c1cc(F)c(F)c(N(Cl)C2CC2)c1. The van der Waals surface area contributed by atoms with Crippen LogP contribution in [0.1, 0.15) is 23.2 Å². The van der Waals surface area contributed by atoms with Crippen LogP contribution < -0.4 is 4.42 Å². The number of carboxylic acid groups (broad SMARTS) is 1. The molecular weight excluding hydrogens is 240 g/mol. The number of carboxylic acids is 1. The lowest BCUT2D eigenvalue weighted by molar-refractivity contribution is 0.0696. The van der Waals surface area contributed by atoms with Crippen LogP contribution in [-0.4, -0.2) is 17.1 Å². The van der Waals surface area contributed by atoms with E-state index >= 15 is 0 Å². The van der Waals surface area contributed by atoms with Gasteiger partial charge in [-0.15, -0.1) is 0 Å². The summed E-state index contributed by atoms with van der Waals surface area (Å²) in [7, 11) is 0. The van der Waals surface area contributed by atoms with Crippen molar-refractivity contribution < 1.29 is 18.7 Å². The second kappa shape index (κ2) is 3.90. The van der Waals surface area contributed by atoms with Crippen molar-refractivity contribution in [2.75, 3.05) is 4.42 Å². The molecule has 0 bridgehead atoms. The van der Waals surface area contributed by atoms with Gasteiger partial charge in [0.2, 0.25) is 0 Å². The minimum Gasteiger partial charge on any atom is -0.478 e. The van der Waals surface area contributed by atoms with Crippen LogP contribution in [0.25, 0.3) is 0 Å². The second-order valence-electron chi connectivity index (χ2n) is 3.64. The number of benzene rings is 1. The summed E-state index contributed by atoms with van der Waals surface area (Å²) in [5.74, 6) is -3.64. The van der Waals surface area contributed by atoms with Crippen LogP contribution >= 0.6 is 11.8 Å². The van der Waals surface area contributed by atoms with E-state index in [1.54, 1.807) is 0 Å². The van der Waals surface area contributed by atoms with E-state index < -0.39 is 17.6 Å². The van der Waals surface area contributed by atoms with E-state index in [9.17, 15) is 13.6 Å². The van der Waals surface area contributed by atoms with Crippen molar-refractivity contribution in [1.29, 1.82) is 0 Å². The Morgan fingerprint density at radius 1 is 1.44 bits per heavy atom. The van der Waals surface area contributed by atoms with Crippen LogP contribution in [-0.2, 0) is 0 Å². The van der Waals surface area contributed by atoms with Crippen molar-refractivity contribution in [3.8, 4) is 0 Å². The van der Waals surface area contributed by atoms with Gasteiger partial charge < -0.3 is 5.11 Å².